The Morgan fingerprint density at radius 2 is 2.00 bits per heavy atom. The number of carbonyl (C=O) groups is 2. The van der Waals surface area contributed by atoms with Gasteiger partial charge in [-0.3, -0.25) is 14.5 Å². The van der Waals surface area contributed by atoms with Crippen LogP contribution in [-0.4, -0.2) is 24.5 Å². The molecule has 2 aromatic carbocycles. The van der Waals surface area contributed by atoms with Crippen LogP contribution in [-0.2, 0) is 16.0 Å². The molecule has 2 aromatic rings. The van der Waals surface area contributed by atoms with E-state index < -0.39 is 11.9 Å². The zero-order chi connectivity index (χ0) is 16.4. The van der Waals surface area contributed by atoms with Crippen LogP contribution in [0.1, 0.15) is 11.1 Å². The van der Waals surface area contributed by atoms with E-state index in [1.54, 1.807) is 6.07 Å². The molecule has 1 aliphatic heterocycles. The van der Waals surface area contributed by atoms with E-state index in [4.69, 9.17) is 10.5 Å². The lowest BCUT2D eigenvalue weighted by Gasteiger charge is -2.23. The van der Waals surface area contributed by atoms with Gasteiger partial charge >= 0.3 is 0 Å². The highest BCUT2D eigenvalue weighted by atomic mass is 16.5. The van der Waals surface area contributed by atoms with E-state index in [2.05, 4.69) is 0 Å². The predicted molar refractivity (Wildman–Crippen MR) is 87.3 cm³/mol. The number of hydrogen-bond donors (Lipinski definition) is 1. The molecule has 0 radical (unpaired) electrons. The molecule has 0 saturated carbocycles. The molecule has 118 valence electrons. The second-order valence-electron chi connectivity index (χ2n) is 5.62. The smallest absolute Gasteiger partial charge is 0.265 e. The summed E-state index contributed by atoms with van der Waals surface area (Å²) in [7, 11) is 0. The first-order valence-electron chi connectivity index (χ1n) is 7.45. The van der Waals surface area contributed by atoms with Crippen LogP contribution in [0.4, 0.5) is 5.69 Å². The lowest BCUT2D eigenvalue weighted by Crippen LogP contribution is -2.47. The van der Waals surface area contributed by atoms with Crippen molar-refractivity contribution >= 4 is 17.5 Å². The number of rotatable bonds is 4. The highest BCUT2D eigenvalue weighted by Gasteiger charge is 2.37. The van der Waals surface area contributed by atoms with Gasteiger partial charge in [0.1, 0.15) is 11.8 Å². The van der Waals surface area contributed by atoms with Crippen molar-refractivity contribution in [2.45, 2.75) is 19.4 Å². The Kier molecular flexibility index (Phi) is 4.02. The van der Waals surface area contributed by atoms with Crippen molar-refractivity contribution < 1.29 is 14.3 Å². The normalized spacial score (nSPS) is 16.0. The van der Waals surface area contributed by atoms with E-state index in [1.165, 1.54) is 4.90 Å². The van der Waals surface area contributed by atoms with Crippen molar-refractivity contribution in [3.05, 3.63) is 59.7 Å². The Labute approximate surface area is 134 Å². The SMILES string of the molecule is Cc1cccc(OCC(=O)N2c3ccccc3C[C@@H]2C(N)=O)c1. The lowest BCUT2D eigenvalue weighted by atomic mass is 10.1. The van der Waals surface area contributed by atoms with E-state index >= 15 is 0 Å². The molecule has 2 N–H and O–H groups in total. The van der Waals surface area contributed by atoms with Crippen molar-refractivity contribution in [2.75, 3.05) is 11.5 Å². The van der Waals surface area contributed by atoms with Crippen LogP contribution in [0, 0.1) is 6.92 Å². The van der Waals surface area contributed by atoms with E-state index in [1.807, 2.05) is 49.4 Å². The molecule has 5 heteroatoms. The highest BCUT2D eigenvalue weighted by Crippen LogP contribution is 2.32. The number of nitrogens with zero attached hydrogens (tertiary/aromatic N) is 1. The summed E-state index contributed by atoms with van der Waals surface area (Å²) >= 11 is 0. The molecule has 0 bridgehead atoms. The molecule has 1 atom stereocenters. The van der Waals surface area contributed by atoms with Gasteiger partial charge in [-0.25, -0.2) is 0 Å². The van der Waals surface area contributed by atoms with E-state index in [0.29, 0.717) is 12.2 Å². The number of benzene rings is 2. The van der Waals surface area contributed by atoms with Gasteiger partial charge in [0.25, 0.3) is 5.91 Å². The van der Waals surface area contributed by atoms with Crippen LogP contribution in [0.15, 0.2) is 48.5 Å². The Bertz CT molecular complexity index is 757. The van der Waals surface area contributed by atoms with Gasteiger partial charge in [-0.1, -0.05) is 30.3 Å². The molecule has 0 aliphatic carbocycles. The van der Waals surface area contributed by atoms with Gasteiger partial charge in [-0.05, 0) is 36.2 Å². The number of ether oxygens (including phenoxy) is 1. The summed E-state index contributed by atoms with van der Waals surface area (Å²) in [6, 6.07) is 14.3. The zero-order valence-electron chi connectivity index (χ0n) is 12.9. The van der Waals surface area contributed by atoms with Crippen LogP contribution in [0.25, 0.3) is 0 Å². The highest BCUT2D eigenvalue weighted by molar-refractivity contribution is 6.03. The van der Waals surface area contributed by atoms with Crippen LogP contribution in [0.5, 0.6) is 5.75 Å². The van der Waals surface area contributed by atoms with Crippen molar-refractivity contribution in [3.8, 4) is 5.75 Å². The molecule has 1 heterocycles. The average molecular weight is 310 g/mol. The molecule has 0 saturated heterocycles. The second-order valence-corrected chi connectivity index (χ2v) is 5.62. The fourth-order valence-corrected chi connectivity index (χ4v) is 2.84. The standard InChI is InChI=1S/C18H18N2O3/c1-12-5-4-7-14(9-12)23-11-17(21)20-15-8-3-2-6-13(15)10-16(20)18(19)22/h2-9,16H,10-11H2,1H3,(H2,19,22)/t16-/m1/s1. The Hall–Kier alpha value is -2.82. The summed E-state index contributed by atoms with van der Waals surface area (Å²) in [4.78, 5) is 25.7. The fraction of sp³-hybridized carbons (Fsp3) is 0.222. The van der Waals surface area contributed by atoms with Crippen LogP contribution < -0.4 is 15.4 Å². The lowest BCUT2D eigenvalue weighted by molar-refractivity contribution is -0.125. The minimum atomic E-state index is -0.652. The fourth-order valence-electron chi connectivity index (χ4n) is 2.84. The maximum atomic E-state index is 12.6. The monoisotopic (exact) mass is 310 g/mol. The quantitative estimate of drug-likeness (QED) is 0.936. The number of nitrogens with two attached hydrogens (primary N) is 1. The summed E-state index contributed by atoms with van der Waals surface area (Å²) in [6.07, 6.45) is 0.446. The number of primary amides is 1. The number of hydrogen-bond acceptors (Lipinski definition) is 3. The average Bonchev–Trinajstić information content (AvgIpc) is 2.92. The summed E-state index contributed by atoms with van der Waals surface area (Å²) < 4.78 is 5.56. The zero-order valence-corrected chi connectivity index (χ0v) is 12.9. The summed E-state index contributed by atoms with van der Waals surface area (Å²) in [5.74, 6) is -0.160. The van der Waals surface area contributed by atoms with Crippen LogP contribution in [0.2, 0.25) is 0 Å². The van der Waals surface area contributed by atoms with Crippen molar-refractivity contribution in [3.63, 3.8) is 0 Å². The molecule has 0 aromatic heterocycles. The minimum Gasteiger partial charge on any atom is -0.484 e. The Balaban J connectivity index is 1.78. The first-order chi connectivity index (χ1) is 11.1. The third-order valence-corrected chi connectivity index (χ3v) is 3.93. The largest absolute Gasteiger partial charge is 0.484 e. The van der Waals surface area contributed by atoms with Crippen molar-refractivity contribution in [1.82, 2.24) is 0 Å². The van der Waals surface area contributed by atoms with E-state index in [-0.39, 0.29) is 12.5 Å². The topological polar surface area (TPSA) is 72.6 Å². The maximum absolute atomic E-state index is 12.6. The van der Waals surface area contributed by atoms with Gasteiger partial charge in [0.05, 0.1) is 0 Å². The third kappa shape index (κ3) is 3.04. The Morgan fingerprint density at radius 3 is 2.74 bits per heavy atom. The van der Waals surface area contributed by atoms with Crippen LogP contribution >= 0.6 is 0 Å². The van der Waals surface area contributed by atoms with Gasteiger partial charge < -0.3 is 10.5 Å². The van der Waals surface area contributed by atoms with E-state index in [0.717, 1.165) is 16.8 Å². The first-order valence-corrected chi connectivity index (χ1v) is 7.45. The summed E-state index contributed by atoms with van der Waals surface area (Å²) in [6.45, 7) is 1.82. The molecule has 23 heavy (non-hydrogen) atoms. The minimum absolute atomic E-state index is 0.137. The van der Waals surface area contributed by atoms with Crippen LogP contribution in [0.3, 0.4) is 0 Å². The molecule has 0 spiro atoms. The molecule has 0 unspecified atom stereocenters. The number of para-hydroxylation sites is 1. The van der Waals surface area contributed by atoms with Crippen molar-refractivity contribution in [1.29, 1.82) is 0 Å². The van der Waals surface area contributed by atoms with Gasteiger partial charge in [-0.15, -0.1) is 0 Å². The second kappa shape index (κ2) is 6.12. The predicted octanol–water partition coefficient (Wildman–Crippen LogP) is 1.82. The van der Waals surface area contributed by atoms with Gasteiger partial charge in [0.15, 0.2) is 6.61 Å². The molecular weight excluding hydrogens is 292 g/mol. The molecule has 5 nitrogen and oxygen atoms in total. The molecular formula is C18H18N2O3. The number of fused-ring (bicyclic) bond motifs is 1. The molecule has 1 aliphatic rings. The van der Waals surface area contributed by atoms with Crippen molar-refractivity contribution in [2.24, 2.45) is 5.73 Å². The third-order valence-electron chi connectivity index (χ3n) is 3.93. The summed E-state index contributed by atoms with van der Waals surface area (Å²) in [5, 5.41) is 0. The molecule has 0 fully saturated rings. The van der Waals surface area contributed by atoms with Gasteiger partial charge in [0.2, 0.25) is 5.91 Å². The first kappa shape index (κ1) is 15.1. The summed E-state index contributed by atoms with van der Waals surface area (Å²) in [5.41, 5.74) is 8.19. The van der Waals surface area contributed by atoms with Gasteiger partial charge in [0, 0.05) is 12.1 Å². The number of aryl methyl sites for hydroxylation is 1. The van der Waals surface area contributed by atoms with Gasteiger partial charge in [-0.2, -0.15) is 0 Å². The molecule has 3 rings (SSSR count). The molecule has 2 amide bonds. The Morgan fingerprint density at radius 1 is 1.22 bits per heavy atom. The number of anilines is 1. The maximum Gasteiger partial charge on any atom is 0.265 e. The van der Waals surface area contributed by atoms with E-state index in [9.17, 15) is 9.59 Å². The number of carbonyl (C=O) groups excluding carboxylic acids is 2. The number of amides is 2.